The van der Waals surface area contributed by atoms with Crippen molar-refractivity contribution in [1.82, 2.24) is 4.90 Å². The van der Waals surface area contributed by atoms with E-state index in [-0.39, 0.29) is 23.9 Å². The monoisotopic (exact) mass is 364 g/mol. The fourth-order valence-electron chi connectivity index (χ4n) is 3.29. The lowest BCUT2D eigenvalue weighted by atomic mass is 9.93. The molecule has 136 valence electrons. The van der Waals surface area contributed by atoms with Crippen LogP contribution >= 0.6 is 0 Å². The van der Waals surface area contributed by atoms with Gasteiger partial charge in [0.1, 0.15) is 11.9 Å². The number of para-hydroxylation sites is 1. The summed E-state index contributed by atoms with van der Waals surface area (Å²) < 4.78 is 19.1. The predicted molar refractivity (Wildman–Crippen MR) is 97.5 cm³/mol. The van der Waals surface area contributed by atoms with Crippen LogP contribution in [0.1, 0.15) is 21.7 Å². The molecule has 1 aliphatic rings. The zero-order chi connectivity index (χ0) is 18.8. The van der Waals surface area contributed by atoms with Crippen LogP contribution in [-0.2, 0) is 17.8 Å². The van der Waals surface area contributed by atoms with Crippen molar-refractivity contribution in [3.05, 3.63) is 89.6 Å². The molecule has 1 N–H and O–H groups in total. The topological polar surface area (TPSA) is 62.6 Å². The Labute approximate surface area is 155 Å². The van der Waals surface area contributed by atoms with Crippen molar-refractivity contribution in [3.63, 3.8) is 0 Å². The first kappa shape index (κ1) is 17.0. The number of anilines is 1. The number of nitrogens with zero attached hydrogens (tertiary/aromatic N) is 1. The van der Waals surface area contributed by atoms with E-state index in [0.29, 0.717) is 6.42 Å². The molecule has 1 aliphatic heterocycles. The lowest BCUT2D eigenvalue weighted by Gasteiger charge is -2.35. The number of nitrogens with one attached hydrogen (secondary N) is 1. The molecule has 0 fully saturated rings. The molecule has 2 heterocycles. The van der Waals surface area contributed by atoms with E-state index in [1.54, 1.807) is 24.3 Å². The third kappa shape index (κ3) is 3.33. The number of carbonyl (C=O) groups is 2. The molecule has 0 radical (unpaired) electrons. The highest BCUT2D eigenvalue weighted by molar-refractivity contribution is 6.00. The third-order valence-corrected chi connectivity index (χ3v) is 4.68. The van der Waals surface area contributed by atoms with Crippen LogP contribution < -0.4 is 5.32 Å². The number of hydrogen-bond donors (Lipinski definition) is 1. The molecule has 0 bridgehead atoms. The fraction of sp³-hybridized carbons (Fsp3) is 0.143. The Balaban J connectivity index is 1.65. The van der Waals surface area contributed by atoms with Gasteiger partial charge in [0.15, 0.2) is 5.76 Å². The maximum absolute atomic E-state index is 13.9. The fourth-order valence-corrected chi connectivity index (χ4v) is 3.29. The van der Waals surface area contributed by atoms with Crippen molar-refractivity contribution in [2.75, 3.05) is 5.32 Å². The summed E-state index contributed by atoms with van der Waals surface area (Å²) in [5.41, 5.74) is 2.06. The Morgan fingerprint density at radius 1 is 1.00 bits per heavy atom. The molecule has 4 rings (SSSR count). The van der Waals surface area contributed by atoms with Crippen molar-refractivity contribution < 1.29 is 18.4 Å². The number of carbonyl (C=O) groups excluding carboxylic acids is 2. The summed E-state index contributed by atoms with van der Waals surface area (Å²) in [6, 6.07) is 16.0. The summed E-state index contributed by atoms with van der Waals surface area (Å²) in [5, 5.41) is 2.60. The van der Waals surface area contributed by atoms with Gasteiger partial charge < -0.3 is 14.6 Å². The third-order valence-electron chi connectivity index (χ3n) is 4.68. The standard InChI is InChI=1S/C21H17FN2O3/c22-16-8-3-4-9-17(16)23-20(25)18-12-14-6-1-2-7-15(14)13-24(18)21(26)19-10-5-11-27-19/h1-11,18H,12-13H2,(H,23,25). The highest BCUT2D eigenvalue weighted by Crippen LogP contribution is 2.26. The van der Waals surface area contributed by atoms with Gasteiger partial charge in [-0.3, -0.25) is 9.59 Å². The second kappa shape index (κ2) is 7.07. The second-order valence-electron chi connectivity index (χ2n) is 6.37. The van der Waals surface area contributed by atoms with Crippen LogP contribution in [-0.4, -0.2) is 22.8 Å². The molecule has 3 aromatic rings. The Morgan fingerprint density at radius 3 is 2.48 bits per heavy atom. The van der Waals surface area contributed by atoms with Crippen LogP contribution in [0.5, 0.6) is 0 Å². The van der Waals surface area contributed by atoms with Crippen molar-refractivity contribution in [1.29, 1.82) is 0 Å². The molecular weight excluding hydrogens is 347 g/mol. The summed E-state index contributed by atoms with van der Waals surface area (Å²) in [7, 11) is 0. The first-order valence-electron chi connectivity index (χ1n) is 8.60. The summed E-state index contributed by atoms with van der Waals surface area (Å²) in [5.74, 6) is -1.17. The molecule has 2 amide bonds. The number of hydrogen-bond acceptors (Lipinski definition) is 3. The van der Waals surface area contributed by atoms with Gasteiger partial charge in [-0.2, -0.15) is 0 Å². The van der Waals surface area contributed by atoms with E-state index in [0.717, 1.165) is 11.1 Å². The number of benzene rings is 2. The van der Waals surface area contributed by atoms with Crippen LogP contribution in [0.15, 0.2) is 71.3 Å². The summed E-state index contributed by atoms with van der Waals surface area (Å²) in [6.45, 7) is 0.283. The van der Waals surface area contributed by atoms with E-state index in [1.807, 2.05) is 24.3 Å². The van der Waals surface area contributed by atoms with E-state index >= 15 is 0 Å². The van der Waals surface area contributed by atoms with Crippen LogP contribution in [0, 0.1) is 5.82 Å². The van der Waals surface area contributed by atoms with Gasteiger partial charge in [-0.25, -0.2) is 4.39 Å². The minimum atomic E-state index is -0.767. The van der Waals surface area contributed by atoms with Crippen LogP contribution in [0.4, 0.5) is 10.1 Å². The predicted octanol–water partition coefficient (Wildman–Crippen LogP) is 3.62. The first-order valence-corrected chi connectivity index (χ1v) is 8.60. The van der Waals surface area contributed by atoms with E-state index in [2.05, 4.69) is 5.32 Å². The van der Waals surface area contributed by atoms with Crippen LogP contribution in [0.25, 0.3) is 0 Å². The largest absolute Gasteiger partial charge is 0.459 e. The number of amides is 2. The maximum Gasteiger partial charge on any atom is 0.290 e. The highest BCUT2D eigenvalue weighted by Gasteiger charge is 2.36. The van der Waals surface area contributed by atoms with Crippen molar-refractivity contribution in [2.45, 2.75) is 19.0 Å². The highest BCUT2D eigenvalue weighted by atomic mass is 19.1. The molecule has 1 unspecified atom stereocenters. The molecule has 1 aromatic heterocycles. The maximum atomic E-state index is 13.9. The van der Waals surface area contributed by atoms with Crippen LogP contribution in [0.3, 0.4) is 0 Å². The van der Waals surface area contributed by atoms with Crippen LogP contribution in [0.2, 0.25) is 0 Å². The molecule has 27 heavy (non-hydrogen) atoms. The second-order valence-corrected chi connectivity index (χ2v) is 6.37. The van der Waals surface area contributed by atoms with E-state index in [4.69, 9.17) is 4.42 Å². The van der Waals surface area contributed by atoms with Crippen molar-refractivity contribution >= 4 is 17.5 Å². The van der Waals surface area contributed by atoms with E-state index in [9.17, 15) is 14.0 Å². The summed E-state index contributed by atoms with van der Waals surface area (Å²) in [6.07, 6.45) is 1.77. The zero-order valence-electron chi connectivity index (χ0n) is 14.4. The van der Waals surface area contributed by atoms with Gasteiger partial charge >= 0.3 is 0 Å². The Hall–Kier alpha value is -3.41. The Morgan fingerprint density at radius 2 is 1.74 bits per heavy atom. The minimum Gasteiger partial charge on any atom is -0.459 e. The lowest BCUT2D eigenvalue weighted by molar-refractivity contribution is -0.121. The summed E-state index contributed by atoms with van der Waals surface area (Å²) in [4.78, 5) is 27.3. The number of furan rings is 1. The van der Waals surface area contributed by atoms with Gasteiger partial charge in [0.25, 0.3) is 5.91 Å². The molecule has 0 saturated heterocycles. The molecule has 0 saturated carbocycles. The molecular formula is C21H17FN2O3. The minimum absolute atomic E-state index is 0.0896. The van der Waals surface area contributed by atoms with Gasteiger partial charge in [0.05, 0.1) is 12.0 Å². The SMILES string of the molecule is O=C(Nc1ccccc1F)C1Cc2ccccc2CN1C(=O)c1ccco1. The van der Waals surface area contributed by atoms with Gasteiger partial charge in [-0.15, -0.1) is 0 Å². The molecule has 6 heteroatoms. The number of rotatable bonds is 3. The van der Waals surface area contributed by atoms with Gasteiger partial charge in [0.2, 0.25) is 5.91 Å². The lowest BCUT2D eigenvalue weighted by Crippen LogP contribution is -2.50. The molecule has 0 aliphatic carbocycles. The zero-order valence-corrected chi connectivity index (χ0v) is 14.4. The van der Waals surface area contributed by atoms with Gasteiger partial charge in [0, 0.05) is 13.0 Å². The number of halogens is 1. The van der Waals surface area contributed by atoms with Crippen molar-refractivity contribution in [2.24, 2.45) is 0 Å². The summed E-state index contributed by atoms with van der Waals surface area (Å²) >= 11 is 0. The quantitative estimate of drug-likeness (QED) is 0.772. The van der Waals surface area contributed by atoms with Crippen molar-refractivity contribution in [3.8, 4) is 0 Å². The Kier molecular flexibility index (Phi) is 4.46. The van der Waals surface area contributed by atoms with Gasteiger partial charge in [-0.1, -0.05) is 36.4 Å². The smallest absolute Gasteiger partial charge is 0.290 e. The van der Waals surface area contributed by atoms with E-state index in [1.165, 1.54) is 23.3 Å². The average molecular weight is 364 g/mol. The first-order chi connectivity index (χ1) is 13.1. The average Bonchev–Trinajstić information content (AvgIpc) is 3.23. The molecule has 0 spiro atoms. The Bertz CT molecular complexity index is 985. The van der Waals surface area contributed by atoms with E-state index < -0.39 is 17.8 Å². The molecule has 1 atom stereocenters. The normalized spacial score (nSPS) is 15.9. The molecule has 2 aromatic carbocycles. The van der Waals surface area contributed by atoms with Gasteiger partial charge in [-0.05, 0) is 35.4 Å². The molecule has 5 nitrogen and oxygen atoms in total. The number of fused-ring (bicyclic) bond motifs is 1.